The van der Waals surface area contributed by atoms with E-state index in [0.717, 1.165) is 38.5 Å². The lowest BCUT2D eigenvalue weighted by Crippen LogP contribution is -2.11. The van der Waals surface area contributed by atoms with Gasteiger partial charge in [0.05, 0.1) is 10.2 Å². The number of rotatable bonds is 6. The topological polar surface area (TPSA) is 42.0 Å². The average Bonchev–Trinajstić information content (AvgIpc) is 3.08. The van der Waals surface area contributed by atoms with Crippen LogP contribution >= 0.6 is 23.1 Å². The standard InChI is InChI=1S/C21H18N2OS2/c24-20(22-17-11-5-8-15-7-1-2-9-16(15)17)13-6-14-25-21-23-18-10-3-4-12-19(18)26-21/h1-5,7-12H,6,13-14H2,(H,22,24). The molecule has 0 aliphatic rings. The second-order valence-corrected chi connectivity index (χ2v) is 8.35. The Balaban J connectivity index is 1.30. The molecule has 4 aromatic rings. The molecule has 0 saturated heterocycles. The summed E-state index contributed by atoms with van der Waals surface area (Å²) in [5, 5.41) is 5.26. The van der Waals surface area contributed by atoms with Crippen LogP contribution < -0.4 is 5.32 Å². The first kappa shape index (κ1) is 17.1. The predicted octanol–water partition coefficient (Wildman–Crippen LogP) is 5.96. The summed E-state index contributed by atoms with van der Waals surface area (Å²) in [6, 6.07) is 22.2. The molecule has 0 atom stereocenters. The first-order valence-electron chi connectivity index (χ1n) is 8.55. The van der Waals surface area contributed by atoms with E-state index in [-0.39, 0.29) is 5.91 Å². The van der Waals surface area contributed by atoms with Crippen LogP contribution in [0, 0.1) is 0 Å². The number of carbonyl (C=O) groups is 1. The molecule has 0 radical (unpaired) electrons. The van der Waals surface area contributed by atoms with Crippen LogP contribution in [0.25, 0.3) is 21.0 Å². The molecule has 4 rings (SSSR count). The van der Waals surface area contributed by atoms with Crippen molar-refractivity contribution in [2.75, 3.05) is 11.1 Å². The summed E-state index contributed by atoms with van der Waals surface area (Å²) in [5.74, 6) is 0.953. The van der Waals surface area contributed by atoms with Crippen LogP contribution in [-0.4, -0.2) is 16.6 Å². The zero-order valence-electron chi connectivity index (χ0n) is 14.1. The third kappa shape index (κ3) is 3.89. The second-order valence-electron chi connectivity index (χ2n) is 5.97. The van der Waals surface area contributed by atoms with E-state index in [0.29, 0.717) is 6.42 Å². The quantitative estimate of drug-likeness (QED) is 0.332. The highest BCUT2D eigenvalue weighted by molar-refractivity contribution is 8.01. The van der Waals surface area contributed by atoms with Crippen molar-refractivity contribution >= 4 is 55.7 Å². The Morgan fingerprint density at radius 1 is 1.00 bits per heavy atom. The third-order valence-corrected chi connectivity index (χ3v) is 6.38. The molecule has 0 bridgehead atoms. The van der Waals surface area contributed by atoms with E-state index in [1.54, 1.807) is 23.1 Å². The molecule has 1 aromatic heterocycles. The lowest BCUT2D eigenvalue weighted by molar-refractivity contribution is -0.116. The van der Waals surface area contributed by atoms with Gasteiger partial charge >= 0.3 is 0 Å². The Morgan fingerprint density at radius 3 is 2.73 bits per heavy atom. The maximum atomic E-state index is 12.3. The van der Waals surface area contributed by atoms with Crippen LogP contribution in [0.1, 0.15) is 12.8 Å². The van der Waals surface area contributed by atoms with Crippen molar-refractivity contribution < 1.29 is 4.79 Å². The summed E-state index contributed by atoms with van der Waals surface area (Å²) in [6.45, 7) is 0. The average molecular weight is 379 g/mol. The molecule has 3 nitrogen and oxygen atoms in total. The summed E-state index contributed by atoms with van der Waals surface area (Å²) in [4.78, 5) is 16.9. The number of amides is 1. The molecule has 0 unspecified atom stereocenters. The summed E-state index contributed by atoms with van der Waals surface area (Å²) in [7, 11) is 0. The third-order valence-electron chi connectivity index (χ3n) is 4.11. The van der Waals surface area contributed by atoms with E-state index in [2.05, 4.69) is 28.5 Å². The number of carbonyl (C=O) groups excluding carboxylic acids is 1. The molecule has 0 aliphatic carbocycles. The minimum absolute atomic E-state index is 0.0613. The number of anilines is 1. The molecule has 0 aliphatic heterocycles. The number of nitrogens with one attached hydrogen (secondary N) is 1. The highest BCUT2D eigenvalue weighted by Crippen LogP contribution is 2.30. The highest BCUT2D eigenvalue weighted by atomic mass is 32.2. The van der Waals surface area contributed by atoms with E-state index < -0.39 is 0 Å². The van der Waals surface area contributed by atoms with E-state index >= 15 is 0 Å². The van der Waals surface area contributed by atoms with Crippen LogP contribution in [0.15, 0.2) is 71.1 Å². The number of thiazole rings is 1. The van der Waals surface area contributed by atoms with Gasteiger partial charge < -0.3 is 5.32 Å². The zero-order chi connectivity index (χ0) is 17.8. The van der Waals surface area contributed by atoms with Gasteiger partial charge in [-0.15, -0.1) is 11.3 Å². The van der Waals surface area contributed by atoms with Gasteiger partial charge in [-0.1, -0.05) is 60.3 Å². The summed E-state index contributed by atoms with van der Waals surface area (Å²) in [5.41, 5.74) is 1.93. The maximum absolute atomic E-state index is 12.3. The number of aromatic nitrogens is 1. The smallest absolute Gasteiger partial charge is 0.224 e. The van der Waals surface area contributed by atoms with Crippen molar-refractivity contribution in [1.29, 1.82) is 0 Å². The monoisotopic (exact) mass is 378 g/mol. The van der Waals surface area contributed by atoms with Gasteiger partial charge in [0.15, 0.2) is 4.34 Å². The SMILES string of the molecule is O=C(CCCSc1nc2ccccc2s1)Nc1cccc2ccccc12. The summed E-state index contributed by atoms with van der Waals surface area (Å²) in [6.07, 6.45) is 1.35. The number of thioether (sulfide) groups is 1. The van der Waals surface area contributed by atoms with Crippen LogP contribution in [0.4, 0.5) is 5.69 Å². The van der Waals surface area contributed by atoms with Gasteiger partial charge in [0.25, 0.3) is 0 Å². The Kier molecular flexibility index (Phi) is 5.18. The van der Waals surface area contributed by atoms with E-state index in [9.17, 15) is 4.79 Å². The van der Waals surface area contributed by atoms with Gasteiger partial charge in [-0.05, 0) is 30.0 Å². The molecule has 3 aromatic carbocycles. The highest BCUT2D eigenvalue weighted by Gasteiger charge is 2.07. The Hall–Kier alpha value is -2.37. The van der Waals surface area contributed by atoms with E-state index in [4.69, 9.17) is 0 Å². The van der Waals surface area contributed by atoms with E-state index in [1.165, 1.54) is 4.70 Å². The van der Waals surface area contributed by atoms with Crippen LogP contribution in [0.2, 0.25) is 0 Å². The van der Waals surface area contributed by atoms with Gasteiger partial charge in [-0.25, -0.2) is 4.98 Å². The molecular weight excluding hydrogens is 360 g/mol. The number of hydrogen-bond donors (Lipinski definition) is 1. The summed E-state index contributed by atoms with van der Waals surface area (Å²) < 4.78 is 2.28. The van der Waals surface area contributed by atoms with Crippen LogP contribution in [0.3, 0.4) is 0 Å². The fourth-order valence-corrected chi connectivity index (χ4v) is 4.93. The van der Waals surface area contributed by atoms with Gasteiger partial charge in [0, 0.05) is 23.2 Å². The molecule has 0 spiro atoms. The fraction of sp³-hybridized carbons (Fsp3) is 0.143. The van der Waals surface area contributed by atoms with Gasteiger partial charge in [-0.2, -0.15) is 0 Å². The molecule has 5 heteroatoms. The number of nitrogens with zero attached hydrogens (tertiary/aromatic N) is 1. The van der Waals surface area contributed by atoms with Crippen LogP contribution in [0.5, 0.6) is 0 Å². The Morgan fingerprint density at radius 2 is 1.81 bits per heavy atom. The van der Waals surface area contributed by atoms with Crippen molar-refractivity contribution in [3.8, 4) is 0 Å². The predicted molar refractivity (Wildman–Crippen MR) is 112 cm³/mol. The molecule has 130 valence electrons. The van der Waals surface area contributed by atoms with E-state index in [1.807, 2.05) is 48.5 Å². The van der Waals surface area contributed by atoms with Crippen molar-refractivity contribution in [1.82, 2.24) is 4.98 Å². The van der Waals surface area contributed by atoms with Crippen molar-refractivity contribution in [3.63, 3.8) is 0 Å². The number of fused-ring (bicyclic) bond motifs is 2. The zero-order valence-corrected chi connectivity index (χ0v) is 15.8. The first-order valence-corrected chi connectivity index (χ1v) is 10.4. The Labute approximate surface area is 160 Å². The van der Waals surface area contributed by atoms with Crippen molar-refractivity contribution in [2.24, 2.45) is 0 Å². The molecular formula is C21H18N2OS2. The number of hydrogen-bond acceptors (Lipinski definition) is 4. The Bertz CT molecular complexity index is 1020. The molecule has 0 saturated carbocycles. The number of benzene rings is 3. The largest absolute Gasteiger partial charge is 0.326 e. The second kappa shape index (κ2) is 7.89. The molecule has 26 heavy (non-hydrogen) atoms. The van der Waals surface area contributed by atoms with Crippen molar-refractivity contribution in [2.45, 2.75) is 17.2 Å². The van der Waals surface area contributed by atoms with Crippen LogP contribution in [-0.2, 0) is 4.79 Å². The van der Waals surface area contributed by atoms with Gasteiger partial charge in [0.2, 0.25) is 5.91 Å². The first-order chi connectivity index (χ1) is 12.8. The molecule has 0 fully saturated rings. The molecule has 1 heterocycles. The lowest BCUT2D eigenvalue weighted by Gasteiger charge is -2.08. The fourth-order valence-electron chi connectivity index (χ4n) is 2.85. The minimum atomic E-state index is 0.0613. The van der Waals surface area contributed by atoms with Gasteiger partial charge in [-0.3, -0.25) is 4.79 Å². The lowest BCUT2D eigenvalue weighted by atomic mass is 10.1. The number of para-hydroxylation sites is 1. The van der Waals surface area contributed by atoms with Crippen molar-refractivity contribution in [3.05, 3.63) is 66.7 Å². The maximum Gasteiger partial charge on any atom is 0.224 e. The normalized spacial score (nSPS) is 11.1. The molecule has 1 N–H and O–H groups in total. The van der Waals surface area contributed by atoms with Gasteiger partial charge in [0.1, 0.15) is 0 Å². The molecule has 1 amide bonds. The minimum Gasteiger partial charge on any atom is -0.326 e. The summed E-state index contributed by atoms with van der Waals surface area (Å²) >= 11 is 3.44.